The minimum absolute atomic E-state index is 0.0538. The van der Waals surface area contributed by atoms with Crippen LogP contribution in [-0.4, -0.2) is 12.5 Å². The first-order valence-electron chi connectivity index (χ1n) is 9.41. The molecule has 1 heterocycles. The van der Waals surface area contributed by atoms with Crippen LogP contribution in [0.4, 0.5) is 11.4 Å². The first-order chi connectivity index (χ1) is 13.1. The zero-order valence-electron chi connectivity index (χ0n) is 15.8. The molecule has 27 heavy (non-hydrogen) atoms. The molecule has 136 valence electrons. The van der Waals surface area contributed by atoms with Gasteiger partial charge in [-0.25, -0.2) is 0 Å². The number of nitrogens with zero attached hydrogens (tertiary/aromatic N) is 1. The maximum Gasteiger partial charge on any atom is 0.257 e. The molecule has 0 fully saturated rings. The number of aryl methyl sites for hydroxylation is 2. The number of amides is 1. The highest BCUT2D eigenvalue weighted by Crippen LogP contribution is 2.29. The monoisotopic (exact) mass is 356 g/mol. The van der Waals surface area contributed by atoms with Crippen LogP contribution < -0.4 is 10.2 Å². The average Bonchev–Trinajstić information content (AvgIpc) is 2.69. The molecule has 0 bridgehead atoms. The number of hydrogen-bond acceptors (Lipinski definition) is 2. The molecule has 1 aliphatic heterocycles. The second-order valence-corrected chi connectivity index (χ2v) is 7.23. The van der Waals surface area contributed by atoms with E-state index in [-0.39, 0.29) is 5.91 Å². The van der Waals surface area contributed by atoms with Crippen molar-refractivity contribution >= 4 is 17.3 Å². The van der Waals surface area contributed by atoms with Crippen molar-refractivity contribution < 1.29 is 4.79 Å². The lowest BCUT2D eigenvalue weighted by molar-refractivity contribution is 0.102. The smallest absolute Gasteiger partial charge is 0.257 e. The topological polar surface area (TPSA) is 32.3 Å². The summed E-state index contributed by atoms with van der Waals surface area (Å²) in [6, 6.07) is 22.6. The highest BCUT2D eigenvalue weighted by molar-refractivity contribution is 6.08. The molecule has 0 saturated heterocycles. The molecule has 1 aliphatic rings. The summed E-state index contributed by atoms with van der Waals surface area (Å²) >= 11 is 0. The van der Waals surface area contributed by atoms with E-state index >= 15 is 0 Å². The molecule has 0 radical (unpaired) electrons. The molecule has 3 aromatic carbocycles. The normalized spacial score (nSPS) is 13.2. The summed E-state index contributed by atoms with van der Waals surface area (Å²) in [7, 11) is 0. The summed E-state index contributed by atoms with van der Waals surface area (Å²) in [6.07, 6.45) is 1.00. The van der Waals surface area contributed by atoms with Crippen LogP contribution in [0.5, 0.6) is 0 Å². The minimum Gasteiger partial charge on any atom is -0.366 e. The Morgan fingerprint density at radius 2 is 1.67 bits per heavy atom. The number of hydrogen-bond donors (Lipinski definition) is 1. The molecule has 0 aromatic heterocycles. The standard InChI is InChI=1S/C24H24N2O/c1-17-11-12-23(26-14-13-19-8-4-5-9-20(19)16-26)21(15-17)24(27)25-22-10-6-3-7-18(22)2/h3-12,15H,13-14,16H2,1-2H3,(H,25,27). The Balaban J connectivity index is 1.65. The fourth-order valence-electron chi connectivity index (χ4n) is 3.71. The first-order valence-corrected chi connectivity index (χ1v) is 9.41. The highest BCUT2D eigenvalue weighted by Gasteiger charge is 2.21. The lowest BCUT2D eigenvalue weighted by Gasteiger charge is -2.32. The number of para-hydroxylation sites is 1. The van der Waals surface area contributed by atoms with Gasteiger partial charge in [-0.1, -0.05) is 54.1 Å². The molecule has 0 unspecified atom stereocenters. The number of fused-ring (bicyclic) bond motifs is 1. The quantitative estimate of drug-likeness (QED) is 0.706. The lowest BCUT2D eigenvalue weighted by Crippen LogP contribution is -2.32. The van der Waals surface area contributed by atoms with Crippen LogP contribution in [0.1, 0.15) is 32.6 Å². The van der Waals surface area contributed by atoms with Crippen molar-refractivity contribution in [2.45, 2.75) is 26.8 Å². The van der Waals surface area contributed by atoms with Crippen LogP contribution in [0, 0.1) is 13.8 Å². The molecule has 1 amide bonds. The van der Waals surface area contributed by atoms with Gasteiger partial charge in [0.2, 0.25) is 0 Å². The summed E-state index contributed by atoms with van der Waals surface area (Å²) in [6.45, 7) is 5.79. The highest BCUT2D eigenvalue weighted by atomic mass is 16.1. The maximum atomic E-state index is 13.1. The number of rotatable bonds is 3. The summed E-state index contributed by atoms with van der Waals surface area (Å²) in [5, 5.41) is 3.09. The molecule has 0 atom stereocenters. The average molecular weight is 356 g/mol. The van der Waals surface area contributed by atoms with Crippen molar-refractivity contribution in [3.05, 3.63) is 94.5 Å². The summed E-state index contributed by atoms with van der Waals surface area (Å²) < 4.78 is 0. The predicted octanol–water partition coefficient (Wildman–Crippen LogP) is 5.12. The van der Waals surface area contributed by atoms with Gasteiger partial charge in [0.15, 0.2) is 0 Å². The predicted molar refractivity (Wildman–Crippen MR) is 112 cm³/mol. The van der Waals surface area contributed by atoms with Gasteiger partial charge in [-0.15, -0.1) is 0 Å². The Kier molecular flexibility index (Phi) is 4.68. The van der Waals surface area contributed by atoms with E-state index in [9.17, 15) is 4.79 Å². The van der Waals surface area contributed by atoms with Crippen LogP contribution >= 0.6 is 0 Å². The van der Waals surface area contributed by atoms with Crippen LogP contribution in [-0.2, 0) is 13.0 Å². The summed E-state index contributed by atoms with van der Waals surface area (Å²) in [4.78, 5) is 15.4. The molecule has 0 saturated carbocycles. The Morgan fingerprint density at radius 3 is 2.48 bits per heavy atom. The minimum atomic E-state index is -0.0538. The summed E-state index contributed by atoms with van der Waals surface area (Å²) in [5.74, 6) is -0.0538. The van der Waals surface area contributed by atoms with Crippen LogP contribution in [0.2, 0.25) is 0 Å². The van der Waals surface area contributed by atoms with E-state index in [2.05, 4.69) is 46.6 Å². The Bertz CT molecular complexity index is 993. The Labute approximate surface area is 160 Å². The van der Waals surface area contributed by atoms with Crippen LogP contribution in [0.3, 0.4) is 0 Å². The van der Waals surface area contributed by atoms with Crippen molar-refractivity contribution in [1.82, 2.24) is 0 Å². The van der Waals surface area contributed by atoms with Gasteiger partial charge in [-0.2, -0.15) is 0 Å². The number of anilines is 2. The third-order valence-electron chi connectivity index (χ3n) is 5.26. The van der Waals surface area contributed by atoms with E-state index in [1.54, 1.807) is 0 Å². The summed E-state index contributed by atoms with van der Waals surface area (Å²) in [5.41, 5.74) is 7.50. The number of carbonyl (C=O) groups excluding carboxylic acids is 1. The maximum absolute atomic E-state index is 13.1. The van der Waals surface area contributed by atoms with Crippen molar-refractivity contribution in [3.63, 3.8) is 0 Å². The zero-order chi connectivity index (χ0) is 18.8. The van der Waals surface area contributed by atoms with Crippen molar-refractivity contribution in [2.75, 3.05) is 16.8 Å². The number of carbonyl (C=O) groups is 1. The third kappa shape index (κ3) is 3.59. The van der Waals surface area contributed by atoms with E-state index in [4.69, 9.17) is 0 Å². The lowest BCUT2D eigenvalue weighted by atomic mass is 9.98. The number of nitrogens with one attached hydrogen (secondary N) is 1. The molecule has 3 heteroatoms. The Hall–Kier alpha value is -3.07. The fraction of sp³-hybridized carbons (Fsp3) is 0.208. The third-order valence-corrected chi connectivity index (χ3v) is 5.26. The Morgan fingerprint density at radius 1 is 0.926 bits per heavy atom. The molecule has 1 N–H and O–H groups in total. The van der Waals surface area contributed by atoms with Gasteiger partial charge in [0.05, 0.1) is 5.56 Å². The van der Waals surface area contributed by atoms with Gasteiger partial charge in [0, 0.05) is 24.5 Å². The molecule has 0 spiro atoms. The van der Waals surface area contributed by atoms with Crippen molar-refractivity contribution in [3.8, 4) is 0 Å². The van der Waals surface area contributed by atoms with Gasteiger partial charge >= 0.3 is 0 Å². The van der Waals surface area contributed by atoms with Crippen molar-refractivity contribution in [1.29, 1.82) is 0 Å². The molecule has 3 nitrogen and oxygen atoms in total. The van der Waals surface area contributed by atoms with E-state index < -0.39 is 0 Å². The van der Waals surface area contributed by atoms with E-state index in [0.717, 1.165) is 47.6 Å². The van der Waals surface area contributed by atoms with Gasteiger partial charge in [-0.3, -0.25) is 4.79 Å². The zero-order valence-corrected chi connectivity index (χ0v) is 15.8. The molecular formula is C24H24N2O. The fourth-order valence-corrected chi connectivity index (χ4v) is 3.71. The van der Waals surface area contributed by atoms with E-state index in [1.165, 1.54) is 11.1 Å². The first kappa shape index (κ1) is 17.3. The SMILES string of the molecule is Cc1ccc(N2CCc3ccccc3C2)c(C(=O)Nc2ccccc2C)c1. The van der Waals surface area contributed by atoms with Gasteiger partial charge in [0.1, 0.15) is 0 Å². The second kappa shape index (κ2) is 7.28. The van der Waals surface area contributed by atoms with Gasteiger partial charge in [0.25, 0.3) is 5.91 Å². The number of benzene rings is 3. The van der Waals surface area contributed by atoms with Gasteiger partial charge < -0.3 is 10.2 Å². The largest absolute Gasteiger partial charge is 0.366 e. The molecular weight excluding hydrogens is 332 g/mol. The van der Waals surface area contributed by atoms with Crippen LogP contribution in [0.15, 0.2) is 66.7 Å². The van der Waals surface area contributed by atoms with Crippen molar-refractivity contribution in [2.24, 2.45) is 0 Å². The van der Waals surface area contributed by atoms with Gasteiger partial charge in [-0.05, 0) is 55.2 Å². The van der Waals surface area contributed by atoms with E-state index in [1.807, 2.05) is 44.2 Å². The van der Waals surface area contributed by atoms with E-state index in [0.29, 0.717) is 0 Å². The molecule has 0 aliphatic carbocycles. The molecule has 4 rings (SSSR count). The molecule has 3 aromatic rings. The van der Waals surface area contributed by atoms with Crippen LogP contribution in [0.25, 0.3) is 0 Å². The second-order valence-electron chi connectivity index (χ2n) is 7.23.